The van der Waals surface area contributed by atoms with Crippen molar-refractivity contribution < 1.29 is 14.7 Å². The maximum Gasteiger partial charge on any atom is 0.329 e. The minimum Gasteiger partial charge on any atom is -0.479 e. The molecule has 134 valence electrons. The van der Waals surface area contributed by atoms with Gasteiger partial charge in [-0.3, -0.25) is 5.32 Å². The monoisotopic (exact) mass is 380 g/mol. The smallest absolute Gasteiger partial charge is 0.329 e. The van der Waals surface area contributed by atoms with E-state index in [1.165, 1.54) is 11.3 Å². The fraction of sp³-hybridized carbons (Fsp3) is 0.333. The summed E-state index contributed by atoms with van der Waals surface area (Å²) < 4.78 is 0.549. The zero-order valence-corrected chi connectivity index (χ0v) is 15.7. The van der Waals surface area contributed by atoms with Crippen LogP contribution < -0.4 is 10.6 Å². The maximum atomic E-state index is 12.3. The third kappa shape index (κ3) is 4.74. The van der Waals surface area contributed by atoms with Gasteiger partial charge in [0.15, 0.2) is 0 Å². The Morgan fingerprint density at radius 3 is 2.44 bits per heavy atom. The van der Waals surface area contributed by atoms with Gasteiger partial charge in [-0.2, -0.15) is 0 Å². The lowest BCUT2D eigenvalue weighted by atomic mass is 9.79. The maximum absolute atomic E-state index is 12.3. The first-order chi connectivity index (χ1) is 11.9. The zero-order valence-electron chi connectivity index (χ0n) is 14.1. The summed E-state index contributed by atoms with van der Waals surface area (Å²) in [5.41, 5.74) is -0.331. The highest BCUT2D eigenvalue weighted by molar-refractivity contribution is 7.20. The molecule has 2 unspecified atom stereocenters. The van der Waals surface area contributed by atoms with Gasteiger partial charge in [0, 0.05) is 0 Å². The summed E-state index contributed by atoms with van der Waals surface area (Å²) in [6.07, 6.45) is 0.820. The fourth-order valence-electron chi connectivity index (χ4n) is 2.84. The molecule has 0 saturated carbocycles. The van der Waals surface area contributed by atoms with Crippen molar-refractivity contribution >= 4 is 39.9 Å². The van der Waals surface area contributed by atoms with Crippen LogP contribution >= 0.6 is 22.9 Å². The number of halogens is 1. The summed E-state index contributed by atoms with van der Waals surface area (Å²) in [5.74, 6) is -1.34. The van der Waals surface area contributed by atoms with Crippen LogP contribution in [0, 0.1) is 5.92 Å². The largest absolute Gasteiger partial charge is 0.479 e. The molecule has 0 aliphatic carbocycles. The van der Waals surface area contributed by atoms with Crippen LogP contribution in [0.1, 0.15) is 25.8 Å². The van der Waals surface area contributed by atoms with Crippen LogP contribution in [0.25, 0.3) is 0 Å². The van der Waals surface area contributed by atoms with E-state index in [0.717, 1.165) is 5.56 Å². The minimum atomic E-state index is -1.36. The highest BCUT2D eigenvalue weighted by Crippen LogP contribution is 2.28. The van der Waals surface area contributed by atoms with Gasteiger partial charge >= 0.3 is 12.0 Å². The third-order valence-corrected chi connectivity index (χ3v) is 5.46. The number of carbonyl (C=O) groups is 2. The average Bonchev–Trinajstić information content (AvgIpc) is 2.98. The fourth-order valence-corrected chi connectivity index (χ4v) is 3.78. The average molecular weight is 381 g/mol. The quantitative estimate of drug-likeness (QED) is 0.655. The number of rotatable bonds is 7. The Labute approximate surface area is 156 Å². The van der Waals surface area contributed by atoms with Gasteiger partial charge in [-0.1, -0.05) is 55.8 Å². The second-order valence-electron chi connectivity index (χ2n) is 5.90. The molecule has 2 atom stereocenters. The molecular formula is C18H21ClN2O3S. The van der Waals surface area contributed by atoms with E-state index in [9.17, 15) is 14.7 Å². The first-order valence-corrected chi connectivity index (χ1v) is 9.18. The molecule has 2 aromatic rings. The normalized spacial score (nSPS) is 14.4. The van der Waals surface area contributed by atoms with Crippen LogP contribution in [0.15, 0.2) is 42.5 Å². The Hall–Kier alpha value is -2.05. The van der Waals surface area contributed by atoms with Gasteiger partial charge in [-0.25, -0.2) is 9.59 Å². The minimum absolute atomic E-state index is 0.273. The Morgan fingerprint density at radius 2 is 1.92 bits per heavy atom. The molecule has 0 spiro atoms. The standard InChI is InChI=1S/C18H21ClN2O3S/c1-3-18(16(22)23,12(2)11-13-7-5-4-6-8-13)21-17(24)20-15-10-9-14(19)25-15/h4-10,12H,3,11H2,1-2H3,(H,22,23)(H2,20,21,24). The molecule has 0 bridgehead atoms. The molecule has 2 amide bonds. The lowest BCUT2D eigenvalue weighted by Crippen LogP contribution is -2.59. The number of thiophene rings is 1. The van der Waals surface area contributed by atoms with Crippen LogP contribution in [0.2, 0.25) is 4.34 Å². The van der Waals surface area contributed by atoms with Gasteiger partial charge in [-0.05, 0) is 36.5 Å². The summed E-state index contributed by atoms with van der Waals surface area (Å²) >= 11 is 7.06. The highest BCUT2D eigenvalue weighted by Gasteiger charge is 2.43. The molecule has 3 N–H and O–H groups in total. The molecule has 1 heterocycles. The molecule has 0 aliphatic rings. The van der Waals surface area contributed by atoms with Crippen molar-refractivity contribution in [3.63, 3.8) is 0 Å². The van der Waals surface area contributed by atoms with E-state index in [0.29, 0.717) is 15.8 Å². The van der Waals surface area contributed by atoms with E-state index in [-0.39, 0.29) is 12.3 Å². The number of carboxylic acid groups (broad SMARTS) is 1. The number of carbonyl (C=O) groups excluding carboxylic acids is 1. The van der Waals surface area contributed by atoms with Gasteiger partial charge in [0.25, 0.3) is 0 Å². The van der Waals surface area contributed by atoms with Crippen LogP contribution in [0.4, 0.5) is 9.80 Å². The Balaban J connectivity index is 2.15. The molecule has 7 heteroatoms. The zero-order chi connectivity index (χ0) is 18.4. The number of benzene rings is 1. The van der Waals surface area contributed by atoms with Crippen molar-refractivity contribution in [2.75, 3.05) is 5.32 Å². The number of aliphatic carboxylic acids is 1. The number of hydrogen-bond donors (Lipinski definition) is 3. The SMILES string of the molecule is CCC(NC(=O)Nc1ccc(Cl)s1)(C(=O)O)C(C)Cc1ccccc1. The van der Waals surface area contributed by atoms with Crippen molar-refractivity contribution in [3.05, 3.63) is 52.4 Å². The van der Waals surface area contributed by atoms with Gasteiger partial charge < -0.3 is 10.4 Å². The molecule has 0 radical (unpaired) electrons. The highest BCUT2D eigenvalue weighted by atomic mass is 35.5. The number of amides is 2. The first-order valence-electron chi connectivity index (χ1n) is 7.99. The van der Waals surface area contributed by atoms with Crippen molar-refractivity contribution in [1.82, 2.24) is 5.32 Å². The van der Waals surface area contributed by atoms with Gasteiger partial charge in [0.2, 0.25) is 0 Å². The summed E-state index contributed by atoms with van der Waals surface area (Å²) in [5, 5.41) is 15.7. The third-order valence-electron chi connectivity index (χ3n) is 4.31. The summed E-state index contributed by atoms with van der Waals surface area (Å²) in [6, 6.07) is 12.4. The van der Waals surface area contributed by atoms with Crippen LogP contribution in [-0.2, 0) is 11.2 Å². The molecule has 2 rings (SSSR count). The van der Waals surface area contributed by atoms with E-state index < -0.39 is 17.5 Å². The van der Waals surface area contributed by atoms with Crippen molar-refractivity contribution in [3.8, 4) is 0 Å². The molecule has 25 heavy (non-hydrogen) atoms. The Morgan fingerprint density at radius 1 is 1.24 bits per heavy atom. The predicted molar refractivity (Wildman–Crippen MR) is 101 cm³/mol. The molecular weight excluding hydrogens is 360 g/mol. The molecule has 1 aromatic carbocycles. The second-order valence-corrected chi connectivity index (χ2v) is 7.62. The lowest BCUT2D eigenvalue weighted by molar-refractivity contribution is -0.146. The van der Waals surface area contributed by atoms with Crippen molar-refractivity contribution in [2.24, 2.45) is 5.92 Å². The van der Waals surface area contributed by atoms with E-state index in [1.54, 1.807) is 19.1 Å². The molecule has 0 aliphatic heterocycles. The van der Waals surface area contributed by atoms with E-state index in [4.69, 9.17) is 11.6 Å². The second kappa shape index (κ2) is 8.36. The van der Waals surface area contributed by atoms with Gasteiger partial charge in [0.1, 0.15) is 5.54 Å². The summed E-state index contributed by atoms with van der Waals surface area (Å²) in [7, 11) is 0. The van der Waals surface area contributed by atoms with Crippen molar-refractivity contribution in [1.29, 1.82) is 0 Å². The number of hydrogen-bond acceptors (Lipinski definition) is 3. The number of nitrogens with one attached hydrogen (secondary N) is 2. The predicted octanol–water partition coefficient (Wildman–Crippen LogP) is 4.64. The van der Waals surface area contributed by atoms with E-state index >= 15 is 0 Å². The van der Waals surface area contributed by atoms with E-state index in [2.05, 4.69) is 10.6 Å². The van der Waals surface area contributed by atoms with Crippen LogP contribution in [-0.4, -0.2) is 22.6 Å². The van der Waals surface area contributed by atoms with Crippen LogP contribution in [0.3, 0.4) is 0 Å². The summed E-state index contributed by atoms with van der Waals surface area (Å²) in [4.78, 5) is 24.4. The molecule has 5 nitrogen and oxygen atoms in total. The number of anilines is 1. The summed E-state index contributed by atoms with van der Waals surface area (Å²) in [6.45, 7) is 3.60. The molecule has 1 aromatic heterocycles. The molecule has 0 saturated heterocycles. The molecule has 0 fully saturated rings. The van der Waals surface area contributed by atoms with Crippen molar-refractivity contribution in [2.45, 2.75) is 32.2 Å². The number of carboxylic acids is 1. The van der Waals surface area contributed by atoms with Crippen LogP contribution in [0.5, 0.6) is 0 Å². The first kappa shape index (κ1) is 19.3. The lowest BCUT2D eigenvalue weighted by Gasteiger charge is -2.35. The van der Waals surface area contributed by atoms with Gasteiger partial charge in [-0.15, -0.1) is 11.3 Å². The van der Waals surface area contributed by atoms with E-state index in [1.807, 2.05) is 37.3 Å². The Kier molecular flexibility index (Phi) is 6.45. The topological polar surface area (TPSA) is 78.4 Å². The Bertz CT molecular complexity index is 735. The number of urea groups is 1. The van der Waals surface area contributed by atoms with Gasteiger partial charge in [0.05, 0.1) is 9.34 Å².